The highest BCUT2D eigenvalue weighted by Gasteiger charge is 2.42. The van der Waals surface area contributed by atoms with Gasteiger partial charge in [0.1, 0.15) is 0 Å². The molecule has 4 nitrogen and oxygen atoms in total. The van der Waals surface area contributed by atoms with E-state index >= 15 is 0 Å². The number of alkyl halides is 3. The van der Waals surface area contributed by atoms with Crippen LogP contribution in [-0.2, 0) is 11.0 Å². The van der Waals surface area contributed by atoms with Crippen molar-refractivity contribution in [2.24, 2.45) is 0 Å². The number of amides is 2. The van der Waals surface area contributed by atoms with Gasteiger partial charge in [0.2, 0.25) is 0 Å². The van der Waals surface area contributed by atoms with Crippen molar-refractivity contribution in [1.82, 2.24) is 0 Å². The first-order valence-electron chi connectivity index (χ1n) is 7.32. The molecular formula is C17H13F3N2O2S. The summed E-state index contributed by atoms with van der Waals surface area (Å²) < 4.78 is 39.2. The lowest BCUT2D eigenvalue weighted by molar-refractivity contribution is -0.137. The highest BCUT2D eigenvalue weighted by Crippen LogP contribution is 2.38. The quantitative estimate of drug-likeness (QED) is 0.859. The number of benzene rings is 2. The van der Waals surface area contributed by atoms with Crippen LogP contribution in [0.5, 0.6) is 0 Å². The number of imide groups is 1. The topological polar surface area (TPSA) is 49.4 Å². The minimum Gasteiger partial charge on any atom is -0.365 e. The van der Waals surface area contributed by atoms with Crippen molar-refractivity contribution in [2.75, 3.05) is 10.2 Å². The largest absolute Gasteiger partial charge is 0.418 e. The van der Waals surface area contributed by atoms with Gasteiger partial charge in [0.05, 0.1) is 11.3 Å². The third-order valence-electron chi connectivity index (χ3n) is 3.72. The zero-order chi connectivity index (χ0) is 18.2. The summed E-state index contributed by atoms with van der Waals surface area (Å²) in [5, 5.41) is 0.905. The molecule has 2 amide bonds. The van der Waals surface area contributed by atoms with Crippen LogP contribution in [-0.4, -0.2) is 16.5 Å². The standard InChI is InChI=1S/C17H13F3N2O2S/c1-10-6-2-5-9-13(10)22-15(23)14(25-16(22)24)21-12-8-4-3-7-11(12)17(18,19)20/h2-9,14,21H,1H3. The fraction of sp³-hybridized carbons (Fsp3) is 0.176. The van der Waals surface area contributed by atoms with E-state index in [0.29, 0.717) is 17.4 Å². The molecule has 25 heavy (non-hydrogen) atoms. The molecule has 0 bridgehead atoms. The average molecular weight is 366 g/mol. The molecule has 1 atom stereocenters. The Morgan fingerprint density at radius 3 is 2.36 bits per heavy atom. The number of hydrogen-bond donors (Lipinski definition) is 1. The van der Waals surface area contributed by atoms with Gasteiger partial charge in [-0.3, -0.25) is 9.59 Å². The number of halogens is 3. The van der Waals surface area contributed by atoms with Gasteiger partial charge in [0, 0.05) is 5.69 Å². The number of nitrogens with one attached hydrogen (secondary N) is 1. The molecule has 8 heteroatoms. The van der Waals surface area contributed by atoms with Crippen LogP contribution in [0.2, 0.25) is 0 Å². The summed E-state index contributed by atoms with van der Waals surface area (Å²) >= 11 is 0.658. The summed E-state index contributed by atoms with van der Waals surface area (Å²) in [6.45, 7) is 1.75. The highest BCUT2D eigenvalue weighted by molar-refractivity contribution is 8.16. The maximum absolute atomic E-state index is 13.1. The molecule has 1 heterocycles. The number of nitrogens with zero attached hydrogens (tertiary/aromatic N) is 1. The lowest BCUT2D eigenvalue weighted by atomic mass is 10.1. The molecular weight excluding hydrogens is 353 g/mol. The Morgan fingerprint density at radius 2 is 1.68 bits per heavy atom. The van der Waals surface area contributed by atoms with Crippen LogP contribution in [0.25, 0.3) is 0 Å². The number of hydrogen-bond acceptors (Lipinski definition) is 4. The summed E-state index contributed by atoms with van der Waals surface area (Å²) in [7, 11) is 0. The molecule has 1 N–H and O–H groups in total. The SMILES string of the molecule is Cc1ccccc1N1C(=O)SC(Nc2ccccc2C(F)(F)F)C1=O. The minimum atomic E-state index is -4.56. The number of carbonyl (C=O) groups excluding carboxylic acids is 2. The molecule has 2 aromatic carbocycles. The average Bonchev–Trinajstić information content (AvgIpc) is 2.82. The van der Waals surface area contributed by atoms with E-state index in [1.54, 1.807) is 31.2 Å². The zero-order valence-electron chi connectivity index (χ0n) is 13.0. The van der Waals surface area contributed by atoms with Gasteiger partial charge in [0.25, 0.3) is 11.1 Å². The number of carbonyl (C=O) groups is 2. The number of thioether (sulfide) groups is 1. The van der Waals surface area contributed by atoms with Crippen LogP contribution in [0.1, 0.15) is 11.1 Å². The molecule has 1 saturated heterocycles. The second kappa shape index (κ2) is 6.44. The molecule has 1 fully saturated rings. The van der Waals surface area contributed by atoms with Crippen LogP contribution < -0.4 is 10.2 Å². The van der Waals surface area contributed by atoms with E-state index in [-0.39, 0.29) is 5.69 Å². The molecule has 0 spiro atoms. The lowest BCUT2D eigenvalue weighted by Crippen LogP contribution is -2.35. The van der Waals surface area contributed by atoms with Crippen LogP contribution in [0, 0.1) is 6.92 Å². The number of para-hydroxylation sites is 2. The van der Waals surface area contributed by atoms with Crippen LogP contribution in [0.3, 0.4) is 0 Å². The molecule has 1 aliphatic rings. The van der Waals surface area contributed by atoms with Gasteiger partial charge in [-0.25, -0.2) is 4.90 Å². The Balaban J connectivity index is 1.89. The lowest BCUT2D eigenvalue weighted by Gasteiger charge is -2.18. The van der Waals surface area contributed by atoms with Crippen LogP contribution in [0.4, 0.5) is 29.3 Å². The molecule has 0 radical (unpaired) electrons. The van der Waals surface area contributed by atoms with Gasteiger partial charge in [0.15, 0.2) is 5.37 Å². The predicted octanol–water partition coefficient (Wildman–Crippen LogP) is 4.65. The van der Waals surface area contributed by atoms with Crippen LogP contribution in [0.15, 0.2) is 48.5 Å². The van der Waals surface area contributed by atoms with Crippen LogP contribution >= 0.6 is 11.8 Å². The Hall–Kier alpha value is -2.48. The molecule has 0 saturated carbocycles. The van der Waals surface area contributed by atoms with Gasteiger partial charge < -0.3 is 5.32 Å². The second-order valence-corrected chi connectivity index (χ2v) is 6.47. The summed E-state index contributed by atoms with van der Waals surface area (Å²) in [5.74, 6) is -0.596. The van der Waals surface area contributed by atoms with Crippen molar-refractivity contribution in [2.45, 2.75) is 18.5 Å². The number of anilines is 2. The van der Waals surface area contributed by atoms with Gasteiger partial charge in [-0.15, -0.1) is 0 Å². The molecule has 0 aliphatic carbocycles. The Bertz CT molecular complexity index is 839. The third kappa shape index (κ3) is 3.34. The summed E-state index contributed by atoms with van der Waals surface area (Å²) in [6, 6.07) is 11.7. The Kier molecular flexibility index (Phi) is 4.47. The smallest absolute Gasteiger partial charge is 0.365 e. The molecule has 1 unspecified atom stereocenters. The van der Waals surface area contributed by atoms with Gasteiger partial charge in [-0.2, -0.15) is 13.2 Å². The predicted molar refractivity (Wildman–Crippen MR) is 90.5 cm³/mol. The Labute approximate surface area is 146 Å². The fourth-order valence-corrected chi connectivity index (χ4v) is 3.42. The first kappa shape index (κ1) is 17.3. The van der Waals surface area contributed by atoms with Crippen molar-refractivity contribution in [3.8, 4) is 0 Å². The molecule has 130 valence electrons. The van der Waals surface area contributed by atoms with Gasteiger partial charge >= 0.3 is 6.18 Å². The van der Waals surface area contributed by atoms with Gasteiger partial charge in [-0.1, -0.05) is 30.3 Å². The van der Waals surface area contributed by atoms with Gasteiger partial charge in [-0.05, 0) is 42.4 Å². The maximum Gasteiger partial charge on any atom is 0.418 e. The highest BCUT2D eigenvalue weighted by atomic mass is 32.2. The molecule has 2 aromatic rings. The zero-order valence-corrected chi connectivity index (χ0v) is 13.8. The molecule has 3 rings (SSSR count). The maximum atomic E-state index is 13.1. The van der Waals surface area contributed by atoms with E-state index in [1.165, 1.54) is 18.2 Å². The van der Waals surface area contributed by atoms with Crippen molar-refractivity contribution < 1.29 is 22.8 Å². The number of aryl methyl sites for hydroxylation is 1. The molecule has 1 aliphatic heterocycles. The van der Waals surface area contributed by atoms with E-state index < -0.39 is 28.3 Å². The van der Waals surface area contributed by atoms with Crippen molar-refractivity contribution in [3.05, 3.63) is 59.7 Å². The number of rotatable bonds is 3. The normalized spacial score (nSPS) is 17.9. The Morgan fingerprint density at radius 1 is 1.04 bits per heavy atom. The van der Waals surface area contributed by atoms with E-state index in [1.807, 2.05) is 0 Å². The third-order valence-corrected chi connectivity index (χ3v) is 4.66. The first-order valence-corrected chi connectivity index (χ1v) is 8.20. The van der Waals surface area contributed by atoms with Crippen molar-refractivity contribution in [1.29, 1.82) is 0 Å². The fourth-order valence-electron chi connectivity index (χ4n) is 2.53. The first-order chi connectivity index (χ1) is 11.8. The monoisotopic (exact) mass is 366 g/mol. The summed E-state index contributed by atoms with van der Waals surface area (Å²) in [4.78, 5) is 25.8. The van der Waals surface area contributed by atoms with E-state index in [4.69, 9.17) is 0 Å². The second-order valence-electron chi connectivity index (χ2n) is 5.41. The van der Waals surface area contributed by atoms with E-state index in [2.05, 4.69) is 5.32 Å². The summed E-state index contributed by atoms with van der Waals surface area (Å²) in [6.07, 6.45) is -4.56. The van der Waals surface area contributed by atoms with E-state index in [9.17, 15) is 22.8 Å². The van der Waals surface area contributed by atoms with Crippen molar-refractivity contribution in [3.63, 3.8) is 0 Å². The molecule has 0 aromatic heterocycles. The van der Waals surface area contributed by atoms with Crippen molar-refractivity contribution >= 4 is 34.3 Å². The summed E-state index contributed by atoms with van der Waals surface area (Å²) in [5.41, 5.74) is 0.0324. The van der Waals surface area contributed by atoms with E-state index in [0.717, 1.165) is 16.5 Å². The minimum absolute atomic E-state index is 0.236.